The van der Waals surface area contributed by atoms with E-state index in [0.717, 1.165) is 39.0 Å². The van der Waals surface area contributed by atoms with Crippen LogP contribution in [-0.2, 0) is 46.4 Å². The maximum absolute atomic E-state index is 14.7. The zero-order valence-electron chi connectivity index (χ0n) is 35.5. The van der Waals surface area contributed by atoms with Gasteiger partial charge in [0.2, 0.25) is 11.8 Å². The van der Waals surface area contributed by atoms with Crippen LogP contribution in [-0.4, -0.2) is 101 Å². The van der Waals surface area contributed by atoms with Gasteiger partial charge in [-0.05, 0) is 75.8 Å². The number of rotatable bonds is 9. The molecule has 15 heteroatoms. The zero-order chi connectivity index (χ0) is 42.3. The van der Waals surface area contributed by atoms with Gasteiger partial charge in [-0.2, -0.15) is 0 Å². The lowest BCUT2D eigenvalue weighted by Crippen LogP contribution is -2.61. The van der Waals surface area contributed by atoms with Crippen molar-refractivity contribution in [2.75, 3.05) is 41.0 Å². The molecule has 5 heterocycles. The number of carbonyl (C=O) groups is 4. The fourth-order valence-corrected chi connectivity index (χ4v) is 9.64. The van der Waals surface area contributed by atoms with Gasteiger partial charge in [0.15, 0.2) is 0 Å². The van der Waals surface area contributed by atoms with Crippen LogP contribution in [0.1, 0.15) is 82.9 Å². The summed E-state index contributed by atoms with van der Waals surface area (Å²) < 4.78 is 20.5. The Bertz CT molecular complexity index is 2230. The van der Waals surface area contributed by atoms with Gasteiger partial charge in [-0.1, -0.05) is 26.8 Å². The molecule has 1 aliphatic carbocycles. The number of amides is 3. The van der Waals surface area contributed by atoms with Crippen LogP contribution in [0.15, 0.2) is 41.9 Å². The van der Waals surface area contributed by atoms with Crippen molar-refractivity contribution in [1.82, 2.24) is 35.2 Å². The van der Waals surface area contributed by atoms with Crippen molar-refractivity contribution in [3.8, 4) is 22.5 Å². The molecule has 2 aliphatic heterocycles. The highest BCUT2D eigenvalue weighted by Gasteiger charge is 2.57. The molecule has 4 aromatic rings. The van der Waals surface area contributed by atoms with Gasteiger partial charge in [0.05, 0.1) is 41.6 Å². The summed E-state index contributed by atoms with van der Waals surface area (Å²) in [6.07, 6.45) is 2.16. The molecule has 7 atom stereocenters. The third-order valence-electron chi connectivity index (χ3n) is 12.0. The molecule has 2 fully saturated rings. The second-order valence-corrected chi connectivity index (χ2v) is 17.8. The van der Waals surface area contributed by atoms with Crippen LogP contribution in [0.3, 0.4) is 0 Å². The first-order valence-electron chi connectivity index (χ1n) is 20.7. The Morgan fingerprint density at radius 3 is 2.66 bits per heavy atom. The average molecular weight is 828 g/mol. The second-order valence-electron chi connectivity index (χ2n) is 17.0. The lowest BCUT2D eigenvalue weighted by Gasteiger charge is -2.37. The predicted molar refractivity (Wildman–Crippen MR) is 225 cm³/mol. The van der Waals surface area contributed by atoms with Crippen LogP contribution in [0.25, 0.3) is 33.4 Å². The highest BCUT2D eigenvalue weighted by Crippen LogP contribution is 2.47. The summed E-state index contributed by atoms with van der Waals surface area (Å²) in [5.74, 6) is -2.72. The van der Waals surface area contributed by atoms with E-state index >= 15 is 0 Å². The molecule has 14 nitrogen and oxygen atoms in total. The number of pyridine rings is 1. The van der Waals surface area contributed by atoms with Crippen molar-refractivity contribution in [2.45, 2.75) is 91.6 Å². The molecule has 59 heavy (non-hydrogen) atoms. The third kappa shape index (κ3) is 8.26. The monoisotopic (exact) mass is 827 g/mol. The number of nitrogens with one attached hydrogen (secondary N) is 2. The predicted octanol–water partition coefficient (Wildman–Crippen LogP) is 5.71. The van der Waals surface area contributed by atoms with Crippen LogP contribution in [0.2, 0.25) is 0 Å². The van der Waals surface area contributed by atoms with E-state index in [0.29, 0.717) is 43.1 Å². The fraction of sp³-hybridized carbons (Fsp3) is 0.545. The molecule has 6 bridgehead atoms. The maximum Gasteiger partial charge on any atom is 0.324 e. The summed E-state index contributed by atoms with van der Waals surface area (Å²) in [6.45, 7) is 13.4. The van der Waals surface area contributed by atoms with E-state index in [1.807, 2.05) is 32.2 Å². The lowest BCUT2D eigenvalue weighted by molar-refractivity contribution is -0.156. The van der Waals surface area contributed by atoms with Crippen LogP contribution in [0.4, 0.5) is 0 Å². The Balaban J connectivity index is 1.37. The van der Waals surface area contributed by atoms with Crippen LogP contribution >= 0.6 is 11.3 Å². The van der Waals surface area contributed by atoms with E-state index in [9.17, 15) is 19.2 Å². The van der Waals surface area contributed by atoms with Gasteiger partial charge in [0.25, 0.3) is 5.91 Å². The Labute approximate surface area is 350 Å². The molecule has 2 N–H and O–H groups in total. The molecule has 1 saturated carbocycles. The van der Waals surface area contributed by atoms with Crippen LogP contribution < -0.4 is 10.7 Å². The highest BCUT2D eigenvalue weighted by atomic mass is 32.1. The van der Waals surface area contributed by atoms with Gasteiger partial charge < -0.3 is 29.0 Å². The normalized spacial score (nSPS) is 24.9. The Kier molecular flexibility index (Phi) is 12.3. The van der Waals surface area contributed by atoms with Crippen LogP contribution in [0.5, 0.6) is 0 Å². The third-order valence-corrected chi connectivity index (χ3v) is 12.9. The van der Waals surface area contributed by atoms with Crippen molar-refractivity contribution >= 4 is 45.9 Å². The first kappa shape index (κ1) is 42.4. The zero-order valence-corrected chi connectivity index (χ0v) is 36.4. The fourth-order valence-electron chi connectivity index (χ4n) is 8.73. The van der Waals surface area contributed by atoms with Gasteiger partial charge in [-0.3, -0.25) is 29.2 Å². The molecule has 7 rings (SSSR count). The van der Waals surface area contributed by atoms with E-state index < -0.39 is 53.2 Å². The number of benzene rings is 1. The number of hydrogen-bond acceptors (Lipinski definition) is 11. The maximum atomic E-state index is 14.7. The lowest BCUT2D eigenvalue weighted by atomic mass is 9.84. The van der Waals surface area contributed by atoms with Crippen LogP contribution in [0, 0.1) is 23.2 Å². The standard InChI is InChI=1S/C44H57N7O7S/c1-10-50-32-17-16-26-20-28(32)29(37(50)27-14-12-18-45-35(27)25(4)56-9)21-44(5,6)23-58-43(55)30-15-13-19-51(48-30)42(54)36(38(57-11-2)40-46-31(26)22-59-40)47-39(52)33-24(3)34(33)41(53)49(7)8/h12,14,16-18,20,22,24-25,30,33-34,36,38,48H,10-11,13,15,19,21,23H2,1-9H3,(H,47,52)/t24-,25+,30+,33+,34-,36+,38+/m1/s1. The molecule has 3 aromatic heterocycles. The van der Waals surface area contributed by atoms with E-state index in [4.69, 9.17) is 24.2 Å². The van der Waals surface area contributed by atoms with Crippen molar-refractivity contribution in [1.29, 1.82) is 0 Å². The molecule has 316 valence electrons. The van der Waals surface area contributed by atoms with Gasteiger partial charge in [0, 0.05) is 79.9 Å². The smallest absolute Gasteiger partial charge is 0.324 e. The largest absolute Gasteiger partial charge is 0.464 e. The number of nitrogens with zero attached hydrogens (tertiary/aromatic N) is 5. The van der Waals surface area contributed by atoms with E-state index in [-0.39, 0.29) is 31.1 Å². The number of carbonyl (C=O) groups excluding carboxylic acids is 4. The van der Waals surface area contributed by atoms with Gasteiger partial charge in [-0.15, -0.1) is 11.3 Å². The molecule has 3 amide bonds. The summed E-state index contributed by atoms with van der Waals surface area (Å²) in [5.41, 5.74) is 9.21. The Hall–Kier alpha value is -4.70. The molecular weight excluding hydrogens is 771 g/mol. The minimum atomic E-state index is -1.21. The minimum Gasteiger partial charge on any atom is -0.464 e. The SMILES string of the molecule is CCO[C@@H]1c2nc(cs2)-c2ccc3c(c2)c(c(-c2cccnc2[C@H](C)OC)n3CC)CC(C)(C)COC(=O)[C@@H]2CCCN(N2)C(=O)[C@H]1NC(=O)[C@H]1[C@@H](C)[C@H]1C(=O)N(C)C. The van der Waals surface area contributed by atoms with E-state index in [1.165, 1.54) is 21.2 Å². The van der Waals surface area contributed by atoms with Gasteiger partial charge in [0.1, 0.15) is 23.2 Å². The number of hydrazine groups is 1. The number of fused-ring (bicyclic) bond motifs is 6. The molecule has 0 unspecified atom stereocenters. The quantitative estimate of drug-likeness (QED) is 0.201. The Morgan fingerprint density at radius 1 is 1.17 bits per heavy atom. The number of esters is 1. The number of aryl methyl sites for hydroxylation is 1. The average Bonchev–Trinajstić information content (AvgIpc) is 3.51. The second kappa shape index (κ2) is 17.1. The number of methoxy groups -OCH3 is 1. The number of hydrogen-bond donors (Lipinski definition) is 2. The van der Waals surface area contributed by atoms with E-state index in [1.54, 1.807) is 27.4 Å². The molecule has 0 spiro atoms. The first-order chi connectivity index (χ1) is 28.2. The summed E-state index contributed by atoms with van der Waals surface area (Å²) in [6, 6.07) is 8.40. The summed E-state index contributed by atoms with van der Waals surface area (Å²) >= 11 is 1.36. The molecule has 1 saturated heterocycles. The van der Waals surface area contributed by atoms with Gasteiger partial charge in [-0.25, -0.2) is 10.4 Å². The molecular formula is C44H57N7O7S. The summed E-state index contributed by atoms with van der Waals surface area (Å²) in [7, 11) is 5.03. The summed E-state index contributed by atoms with van der Waals surface area (Å²) in [4.78, 5) is 66.8. The molecule has 0 radical (unpaired) electrons. The van der Waals surface area contributed by atoms with Crippen molar-refractivity contribution in [3.05, 3.63) is 58.2 Å². The van der Waals surface area contributed by atoms with Crippen molar-refractivity contribution < 1.29 is 33.4 Å². The van der Waals surface area contributed by atoms with Gasteiger partial charge >= 0.3 is 5.97 Å². The molecule has 3 aliphatic rings. The van der Waals surface area contributed by atoms with E-state index in [2.05, 4.69) is 60.3 Å². The highest BCUT2D eigenvalue weighted by molar-refractivity contribution is 7.10. The molecule has 1 aromatic carbocycles. The number of cyclic esters (lactones) is 1. The minimum absolute atomic E-state index is 0.131. The number of ether oxygens (including phenoxy) is 3. The topological polar surface area (TPSA) is 157 Å². The number of thiazole rings is 1. The number of aromatic nitrogens is 3. The first-order valence-corrected chi connectivity index (χ1v) is 21.5. The van der Waals surface area contributed by atoms with Crippen molar-refractivity contribution in [2.24, 2.45) is 23.2 Å². The van der Waals surface area contributed by atoms with Crippen molar-refractivity contribution in [3.63, 3.8) is 0 Å². The Morgan fingerprint density at radius 2 is 1.95 bits per heavy atom. The summed E-state index contributed by atoms with van der Waals surface area (Å²) in [5, 5.41) is 7.92.